The lowest BCUT2D eigenvalue weighted by Gasteiger charge is -2.19. The number of fused-ring (bicyclic) bond motifs is 2. The molecule has 0 spiro atoms. The van der Waals surface area contributed by atoms with Crippen molar-refractivity contribution in [1.82, 2.24) is 9.62 Å². The van der Waals surface area contributed by atoms with E-state index in [9.17, 15) is 21.6 Å². The molecule has 0 atom stereocenters. The van der Waals surface area contributed by atoms with Gasteiger partial charge in [0.15, 0.2) is 5.43 Å². The van der Waals surface area contributed by atoms with E-state index in [4.69, 9.17) is 9.29 Å². The van der Waals surface area contributed by atoms with Crippen molar-refractivity contribution in [3.8, 4) is 5.75 Å². The second-order valence-corrected chi connectivity index (χ2v) is 13.4. The number of rotatable bonds is 11. The molecule has 0 fully saturated rings. The predicted octanol–water partition coefficient (Wildman–Crippen LogP) is 4.16. The standard InChI is InChI=1S/C27H31N3O4S2.CH4O3S/c1-4-30(5-2)17-16-28-23-15-10-19(18-29-36(32,33)21-13-11-20(34-3)12-14-21)27-25(23)26(31)22-8-6-7-9-24(22)35-27;1-5(2,3)4/h6-15,28-29H,4-5,16-18H2,1-3H3;1H3,(H,2,3,4). The van der Waals surface area contributed by atoms with Crippen LogP contribution in [-0.2, 0) is 26.7 Å². The van der Waals surface area contributed by atoms with Crippen LogP contribution in [0.4, 0.5) is 5.69 Å². The van der Waals surface area contributed by atoms with Gasteiger partial charge in [0.05, 0.1) is 23.6 Å². The fourth-order valence-electron chi connectivity index (χ4n) is 4.14. The summed E-state index contributed by atoms with van der Waals surface area (Å²) < 4.78 is 61.2. The number of ether oxygens (including phenoxy) is 1. The van der Waals surface area contributed by atoms with Crippen LogP contribution in [0.1, 0.15) is 19.4 Å². The SMILES string of the molecule is CCN(CC)CCNc1ccc(CNS(=O)(=O)c2ccc(OC)cc2)c2sc3ccccc3c(=O)c12.CS(=O)(=O)O. The minimum atomic E-state index is -3.74. The molecular formula is C28H35N3O7S3. The minimum Gasteiger partial charge on any atom is -0.497 e. The fraction of sp³-hybridized carbons (Fsp3) is 0.321. The quantitative estimate of drug-likeness (QED) is 0.166. The van der Waals surface area contributed by atoms with E-state index >= 15 is 0 Å². The zero-order chi connectivity index (χ0) is 30.2. The highest BCUT2D eigenvalue weighted by atomic mass is 32.2. The molecule has 3 aromatic carbocycles. The predicted molar refractivity (Wildman–Crippen MR) is 166 cm³/mol. The van der Waals surface area contributed by atoms with Crippen molar-refractivity contribution in [2.45, 2.75) is 25.3 Å². The van der Waals surface area contributed by atoms with Gasteiger partial charge in [-0.2, -0.15) is 8.42 Å². The van der Waals surface area contributed by atoms with Gasteiger partial charge in [0.1, 0.15) is 5.75 Å². The topological polar surface area (TPSA) is 142 Å². The highest BCUT2D eigenvalue weighted by Gasteiger charge is 2.18. The molecule has 0 saturated carbocycles. The Morgan fingerprint density at radius 3 is 2.20 bits per heavy atom. The van der Waals surface area contributed by atoms with Gasteiger partial charge < -0.3 is 15.0 Å². The van der Waals surface area contributed by atoms with Crippen molar-refractivity contribution >= 4 is 57.3 Å². The van der Waals surface area contributed by atoms with E-state index in [1.807, 2.05) is 36.4 Å². The smallest absolute Gasteiger partial charge is 0.261 e. The molecule has 0 radical (unpaired) electrons. The van der Waals surface area contributed by atoms with Crippen molar-refractivity contribution in [3.05, 3.63) is 76.5 Å². The molecule has 0 amide bonds. The van der Waals surface area contributed by atoms with Crippen LogP contribution >= 0.6 is 11.3 Å². The summed E-state index contributed by atoms with van der Waals surface area (Å²) in [6.07, 6.45) is 0.715. The number of nitrogens with zero attached hydrogens (tertiary/aromatic N) is 1. The Hall–Kier alpha value is -3.07. The minimum absolute atomic E-state index is 0.0513. The molecule has 10 nitrogen and oxygen atoms in total. The van der Waals surface area contributed by atoms with Crippen molar-refractivity contribution in [2.75, 3.05) is 44.9 Å². The Bertz CT molecular complexity index is 1740. The number of methoxy groups -OCH3 is 1. The van der Waals surface area contributed by atoms with Gasteiger partial charge in [-0.15, -0.1) is 11.3 Å². The molecule has 13 heteroatoms. The van der Waals surface area contributed by atoms with E-state index < -0.39 is 20.1 Å². The summed E-state index contributed by atoms with van der Waals surface area (Å²) in [6.45, 7) is 7.82. The summed E-state index contributed by atoms with van der Waals surface area (Å²) in [5, 5.41) is 4.70. The lowest BCUT2D eigenvalue weighted by atomic mass is 10.1. The molecule has 4 rings (SSSR count). The van der Waals surface area contributed by atoms with Gasteiger partial charge in [0.2, 0.25) is 10.0 Å². The van der Waals surface area contributed by atoms with E-state index in [0.29, 0.717) is 29.3 Å². The van der Waals surface area contributed by atoms with Crippen LogP contribution < -0.4 is 20.2 Å². The zero-order valence-electron chi connectivity index (χ0n) is 23.4. The van der Waals surface area contributed by atoms with Crippen molar-refractivity contribution < 1.29 is 26.1 Å². The second kappa shape index (κ2) is 14.2. The van der Waals surface area contributed by atoms with Crippen molar-refractivity contribution in [2.24, 2.45) is 0 Å². The van der Waals surface area contributed by atoms with Gasteiger partial charge in [-0.3, -0.25) is 9.35 Å². The third-order valence-corrected chi connectivity index (χ3v) is 8.93. The molecule has 0 saturated heterocycles. The summed E-state index contributed by atoms with van der Waals surface area (Å²) in [6, 6.07) is 17.5. The molecule has 3 N–H and O–H groups in total. The molecule has 222 valence electrons. The molecular weight excluding hydrogens is 587 g/mol. The lowest BCUT2D eigenvalue weighted by molar-refractivity contribution is 0.316. The van der Waals surface area contributed by atoms with Crippen molar-refractivity contribution in [3.63, 3.8) is 0 Å². The summed E-state index contributed by atoms with van der Waals surface area (Å²) >= 11 is 1.50. The Morgan fingerprint density at radius 2 is 1.59 bits per heavy atom. The summed E-state index contributed by atoms with van der Waals surface area (Å²) in [4.78, 5) is 16.0. The van der Waals surface area contributed by atoms with Gasteiger partial charge in [-0.1, -0.05) is 32.0 Å². The third kappa shape index (κ3) is 8.96. The summed E-state index contributed by atoms with van der Waals surface area (Å²) in [7, 11) is -5.88. The number of hydrogen-bond donors (Lipinski definition) is 3. The van der Waals surface area contributed by atoms with Crippen LogP contribution in [0.2, 0.25) is 0 Å². The van der Waals surface area contributed by atoms with Gasteiger partial charge >= 0.3 is 0 Å². The number of benzene rings is 3. The second-order valence-electron chi connectivity index (χ2n) is 9.09. The van der Waals surface area contributed by atoms with Crippen LogP contribution in [0, 0.1) is 0 Å². The van der Waals surface area contributed by atoms with E-state index in [1.165, 1.54) is 30.6 Å². The Labute approximate surface area is 244 Å². The van der Waals surface area contributed by atoms with Crippen LogP contribution in [-0.4, -0.2) is 65.8 Å². The van der Waals surface area contributed by atoms with Crippen LogP contribution in [0.25, 0.3) is 20.2 Å². The molecule has 41 heavy (non-hydrogen) atoms. The summed E-state index contributed by atoms with van der Waals surface area (Å²) in [5.74, 6) is 0.584. The number of anilines is 1. The molecule has 0 aliphatic carbocycles. The molecule has 1 aromatic heterocycles. The first-order chi connectivity index (χ1) is 19.4. The van der Waals surface area contributed by atoms with E-state index in [1.54, 1.807) is 12.1 Å². The largest absolute Gasteiger partial charge is 0.497 e. The maximum absolute atomic E-state index is 13.6. The maximum atomic E-state index is 13.6. The fourth-order valence-corrected chi connectivity index (χ4v) is 6.36. The van der Waals surface area contributed by atoms with Crippen molar-refractivity contribution in [1.29, 1.82) is 0 Å². The molecule has 0 unspecified atom stereocenters. The van der Waals surface area contributed by atoms with E-state index in [2.05, 4.69) is 28.8 Å². The lowest BCUT2D eigenvalue weighted by Crippen LogP contribution is -2.28. The van der Waals surface area contributed by atoms with E-state index in [0.717, 1.165) is 40.3 Å². The number of sulfonamides is 1. The number of nitrogens with one attached hydrogen (secondary N) is 2. The number of likely N-dealkylation sites (N-methyl/N-ethyl adjacent to an activating group) is 1. The molecule has 0 aliphatic rings. The number of hydrogen-bond acceptors (Lipinski definition) is 9. The molecule has 0 bridgehead atoms. The van der Waals surface area contributed by atoms with Crippen LogP contribution in [0.3, 0.4) is 0 Å². The molecule has 1 heterocycles. The van der Waals surface area contributed by atoms with Crippen LogP contribution in [0.15, 0.2) is 70.4 Å². The van der Waals surface area contributed by atoms with Gasteiger partial charge in [0, 0.05) is 40.1 Å². The monoisotopic (exact) mass is 621 g/mol. The van der Waals surface area contributed by atoms with Gasteiger partial charge in [0.25, 0.3) is 10.1 Å². The van der Waals surface area contributed by atoms with E-state index in [-0.39, 0.29) is 16.9 Å². The first kappa shape index (κ1) is 32.4. The normalized spacial score (nSPS) is 11.9. The third-order valence-electron chi connectivity index (χ3n) is 6.27. The highest BCUT2D eigenvalue weighted by molar-refractivity contribution is 7.89. The van der Waals surface area contributed by atoms with Gasteiger partial charge in [-0.25, -0.2) is 13.1 Å². The molecule has 0 aliphatic heterocycles. The average Bonchev–Trinajstić information content (AvgIpc) is 2.94. The van der Waals surface area contributed by atoms with Crippen LogP contribution in [0.5, 0.6) is 5.75 Å². The first-order valence-corrected chi connectivity index (χ1v) is 17.0. The Balaban J connectivity index is 0.000000850. The van der Waals surface area contributed by atoms with Gasteiger partial charge in [-0.05, 0) is 61.1 Å². The average molecular weight is 622 g/mol. The highest BCUT2D eigenvalue weighted by Crippen LogP contribution is 2.32. The zero-order valence-corrected chi connectivity index (χ0v) is 25.8. The summed E-state index contributed by atoms with van der Waals surface area (Å²) in [5.41, 5.74) is 1.47. The first-order valence-electron chi connectivity index (χ1n) is 12.9. The maximum Gasteiger partial charge on any atom is 0.261 e. The Kier molecular flexibility index (Phi) is 11.2. The molecule has 4 aromatic rings. The Morgan fingerprint density at radius 1 is 0.951 bits per heavy atom.